The van der Waals surface area contributed by atoms with Crippen LogP contribution in [0.3, 0.4) is 0 Å². The van der Waals surface area contributed by atoms with Gasteiger partial charge in [-0.15, -0.1) is 11.3 Å². The molecule has 2 atom stereocenters. The van der Waals surface area contributed by atoms with Crippen molar-refractivity contribution in [3.8, 4) is 0 Å². The van der Waals surface area contributed by atoms with E-state index in [1.54, 1.807) is 0 Å². The zero-order valence-electron chi connectivity index (χ0n) is 18.3. The summed E-state index contributed by atoms with van der Waals surface area (Å²) in [4.78, 5) is 28.9. The van der Waals surface area contributed by atoms with Gasteiger partial charge < -0.3 is 14.6 Å². The summed E-state index contributed by atoms with van der Waals surface area (Å²) in [6.07, 6.45) is 6.41. The third-order valence-electron chi connectivity index (χ3n) is 6.65. The molecule has 1 N–H and O–H groups in total. The van der Waals surface area contributed by atoms with Crippen LogP contribution in [0.1, 0.15) is 35.1 Å². The molecule has 8 heteroatoms. The van der Waals surface area contributed by atoms with Crippen LogP contribution in [0.15, 0.2) is 42.7 Å². The number of anilines is 2. The van der Waals surface area contributed by atoms with Gasteiger partial charge in [-0.05, 0) is 63.6 Å². The number of thiophene rings is 1. The van der Waals surface area contributed by atoms with Crippen molar-refractivity contribution in [3.05, 3.63) is 53.3 Å². The molecular weight excluding hydrogens is 420 g/mol. The zero-order chi connectivity index (χ0) is 21.8. The fourth-order valence-electron chi connectivity index (χ4n) is 5.07. The number of piperazine rings is 1. The van der Waals surface area contributed by atoms with Gasteiger partial charge in [0.15, 0.2) is 0 Å². The number of rotatable bonds is 3. The Hall–Kier alpha value is -2.97. The lowest BCUT2D eigenvalue weighted by molar-refractivity contribution is 0.103. The Kier molecular flexibility index (Phi) is 4.66. The number of carbonyl (C=O) groups excluding carboxylic acids is 1. The number of carbonyl (C=O) groups is 1. The Bertz CT molecular complexity index is 1330. The number of fused-ring (bicyclic) bond motifs is 3. The number of aryl methyl sites for hydroxylation is 1. The van der Waals surface area contributed by atoms with Crippen LogP contribution in [0.5, 0.6) is 0 Å². The van der Waals surface area contributed by atoms with Crippen molar-refractivity contribution in [1.29, 1.82) is 0 Å². The highest BCUT2D eigenvalue weighted by atomic mass is 32.1. The lowest BCUT2D eigenvalue weighted by Crippen LogP contribution is -2.55. The molecule has 2 aliphatic rings. The topological polar surface area (TPSA) is 65.8 Å². The first-order valence-electron chi connectivity index (χ1n) is 11.2. The van der Waals surface area contributed by atoms with Crippen molar-refractivity contribution in [2.45, 2.75) is 38.8 Å². The summed E-state index contributed by atoms with van der Waals surface area (Å²) < 4.78 is 1.93. The van der Waals surface area contributed by atoms with E-state index in [0.29, 0.717) is 17.0 Å². The highest BCUT2D eigenvalue weighted by Gasteiger charge is 2.35. The molecule has 32 heavy (non-hydrogen) atoms. The highest BCUT2D eigenvalue weighted by molar-refractivity contribution is 7.20. The molecule has 2 fully saturated rings. The SMILES string of the molecule is Cc1cn2cc(NC(=O)c3cc4ccc(N5CC6CCCN6CC5C)nc4s3)ccc2n1. The van der Waals surface area contributed by atoms with Crippen molar-refractivity contribution < 1.29 is 4.79 Å². The van der Waals surface area contributed by atoms with Crippen molar-refractivity contribution >= 4 is 44.6 Å². The molecule has 0 aliphatic carbocycles. The monoisotopic (exact) mass is 446 g/mol. The second-order valence-corrected chi connectivity index (χ2v) is 10.0. The van der Waals surface area contributed by atoms with Crippen LogP contribution in [0, 0.1) is 6.92 Å². The molecule has 164 valence electrons. The second kappa shape index (κ2) is 7.56. The Balaban J connectivity index is 1.23. The number of nitrogens with one attached hydrogen (secondary N) is 1. The van der Waals surface area contributed by atoms with E-state index in [0.717, 1.165) is 46.2 Å². The van der Waals surface area contributed by atoms with Gasteiger partial charge in [0.05, 0.1) is 16.3 Å². The number of hydrogen-bond acceptors (Lipinski definition) is 6. The summed E-state index contributed by atoms with van der Waals surface area (Å²) in [6, 6.07) is 11.0. The minimum absolute atomic E-state index is 0.112. The maximum atomic E-state index is 12.9. The summed E-state index contributed by atoms with van der Waals surface area (Å²) in [5, 5.41) is 4.02. The third kappa shape index (κ3) is 3.43. The first-order valence-corrected chi connectivity index (χ1v) is 12.0. The van der Waals surface area contributed by atoms with E-state index >= 15 is 0 Å². The minimum atomic E-state index is -0.112. The summed E-state index contributed by atoms with van der Waals surface area (Å²) in [5.41, 5.74) is 2.56. The second-order valence-electron chi connectivity index (χ2n) is 8.99. The average Bonchev–Trinajstić information content (AvgIpc) is 3.48. The number of pyridine rings is 2. The quantitative estimate of drug-likeness (QED) is 0.512. The summed E-state index contributed by atoms with van der Waals surface area (Å²) in [7, 11) is 0. The van der Waals surface area contributed by atoms with E-state index in [2.05, 4.69) is 39.2 Å². The number of nitrogens with zero attached hydrogens (tertiary/aromatic N) is 5. The summed E-state index contributed by atoms with van der Waals surface area (Å²) in [5.74, 6) is 0.907. The Morgan fingerprint density at radius 3 is 2.97 bits per heavy atom. The Labute approximate surface area is 190 Å². The first kappa shape index (κ1) is 19.7. The van der Waals surface area contributed by atoms with Crippen molar-refractivity contribution in [1.82, 2.24) is 19.3 Å². The molecule has 4 aromatic heterocycles. The van der Waals surface area contributed by atoms with Crippen LogP contribution in [0.4, 0.5) is 11.5 Å². The van der Waals surface area contributed by atoms with Gasteiger partial charge in [0.1, 0.15) is 16.3 Å². The van der Waals surface area contributed by atoms with Gasteiger partial charge in [-0.3, -0.25) is 9.69 Å². The third-order valence-corrected chi connectivity index (χ3v) is 7.70. The normalized spacial score (nSPS) is 21.4. The fourth-order valence-corrected chi connectivity index (χ4v) is 5.99. The number of imidazole rings is 1. The van der Waals surface area contributed by atoms with Crippen LogP contribution in [0.2, 0.25) is 0 Å². The molecule has 2 saturated heterocycles. The molecule has 2 unspecified atom stereocenters. The van der Waals surface area contributed by atoms with Gasteiger partial charge in [-0.25, -0.2) is 9.97 Å². The van der Waals surface area contributed by atoms with E-state index in [1.807, 2.05) is 41.9 Å². The van der Waals surface area contributed by atoms with Gasteiger partial charge in [0.2, 0.25) is 0 Å². The molecule has 0 spiro atoms. The van der Waals surface area contributed by atoms with Crippen molar-refractivity contribution in [3.63, 3.8) is 0 Å². The summed E-state index contributed by atoms with van der Waals surface area (Å²) >= 11 is 1.45. The predicted molar refractivity (Wildman–Crippen MR) is 129 cm³/mol. The van der Waals surface area contributed by atoms with Gasteiger partial charge in [0, 0.05) is 43.0 Å². The van der Waals surface area contributed by atoms with E-state index in [-0.39, 0.29) is 5.91 Å². The molecule has 4 aromatic rings. The lowest BCUT2D eigenvalue weighted by atomic mass is 10.1. The van der Waals surface area contributed by atoms with Crippen molar-refractivity contribution in [2.75, 3.05) is 29.9 Å². The molecule has 7 nitrogen and oxygen atoms in total. The lowest BCUT2D eigenvalue weighted by Gasteiger charge is -2.43. The smallest absolute Gasteiger partial charge is 0.265 e. The highest BCUT2D eigenvalue weighted by Crippen LogP contribution is 2.31. The van der Waals surface area contributed by atoms with E-state index in [1.165, 1.54) is 30.7 Å². The van der Waals surface area contributed by atoms with Gasteiger partial charge in [-0.2, -0.15) is 0 Å². The fraction of sp³-hybridized carbons (Fsp3) is 0.375. The van der Waals surface area contributed by atoms with Crippen LogP contribution < -0.4 is 10.2 Å². The molecule has 0 bridgehead atoms. The predicted octanol–water partition coefficient (Wildman–Crippen LogP) is 4.18. The zero-order valence-corrected chi connectivity index (χ0v) is 19.1. The molecule has 0 saturated carbocycles. The van der Waals surface area contributed by atoms with Gasteiger partial charge >= 0.3 is 0 Å². The maximum Gasteiger partial charge on any atom is 0.265 e. The Morgan fingerprint density at radius 2 is 2.06 bits per heavy atom. The van der Waals surface area contributed by atoms with E-state index in [9.17, 15) is 4.79 Å². The van der Waals surface area contributed by atoms with E-state index in [4.69, 9.17) is 4.98 Å². The first-order chi connectivity index (χ1) is 15.5. The van der Waals surface area contributed by atoms with Crippen LogP contribution in [-0.4, -0.2) is 56.9 Å². The van der Waals surface area contributed by atoms with Crippen LogP contribution in [0.25, 0.3) is 15.9 Å². The van der Waals surface area contributed by atoms with Gasteiger partial charge in [0.25, 0.3) is 5.91 Å². The number of amides is 1. The molecule has 6 rings (SSSR count). The van der Waals surface area contributed by atoms with E-state index < -0.39 is 0 Å². The molecule has 0 radical (unpaired) electrons. The molecule has 0 aromatic carbocycles. The Morgan fingerprint density at radius 1 is 1.16 bits per heavy atom. The number of hydrogen-bond donors (Lipinski definition) is 1. The number of aromatic nitrogens is 3. The van der Waals surface area contributed by atoms with Gasteiger partial charge in [-0.1, -0.05) is 0 Å². The maximum absolute atomic E-state index is 12.9. The molecule has 6 heterocycles. The molecule has 1 amide bonds. The van der Waals surface area contributed by atoms with Crippen LogP contribution in [-0.2, 0) is 0 Å². The largest absolute Gasteiger partial charge is 0.351 e. The summed E-state index contributed by atoms with van der Waals surface area (Å²) in [6.45, 7) is 7.61. The van der Waals surface area contributed by atoms with Crippen LogP contribution >= 0.6 is 11.3 Å². The van der Waals surface area contributed by atoms with Crippen molar-refractivity contribution in [2.24, 2.45) is 0 Å². The molecular formula is C24H26N6OS. The standard InChI is InChI=1S/C24H26N6OS/c1-15-11-29-13-18(6-8-21(29)25-15)26-23(31)20-10-17-5-7-22(27-24(17)32-20)30-14-19-4-3-9-28(19)12-16(30)2/h5-8,10-11,13,16,19H,3-4,9,12,14H2,1-2H3,(H,26,31). The molecule has 2 aliphatic heterocycles. The average molecular weight is 447 g/mol. The minimum Gasteiger partial charge on any atom is -0.351 e.